The van der Waals surface area contributed by atoms with E-state index >= 15 is 0 Å². The average Bonchev–Trinajstić information content (AvgIpc) is 3.45. The second kappa shape index (κ2) is 7.10. The van der Waals surface area contributed by atoms with Gasteiger partial charge in [0.25, 0.3) is 0 Å². The molecule has 134 valence electrons. The van der Waals surface area contributed by atoms with Crippen molar-refractivity contribution in [2.45, 2.75) is 15.9 Å². The molecule has 27 heavy (non-hydrogen) atoms. The molecule has 1 N–H and O–H groups in total. The lowest BCUT2D eigenvalue weighted by atomic mass is 10.3. The van der Waals surface area contributed by atoms with Crippen molar-refractivity contribution >= 4 is 45.2 Å². The third kappa shape index (κ3) is 3.44. The van der Waals surface area contributed by atoms with Crippen molar-refractivity contribution in [2.24, 2.45) is 0 Å². The minimum atomic E-state index is 0.571. The zero-order chi connectivity index (χ0) is 18.1. The number of aromatic nitrogens is 6. The zero-order valence-corrected chi connectivity index (χ0v) is 16.1. The molecule has 0 unspecified atom stereocenters. The van der Waals surface area contributed by atoms with E-state index in [0.717, 1.165) is 31.6 Å². The van der Waals surface area contributed by atoms with Crippen molar-refractivity contribution in [3.05, 3.63) is 53.1 Å². The van der Waals surface area contributed by atoms with Gasteiger partial charge in [-0.2, -0.15) is 21.0 Å². The number of hydrogen-bond acceptors (Lipinski definition) is 10. The van der Waals surface area contributed by atoms with Crippen LogP contribution in [0.15, 0.2) is 61.1 Å². The molecule has 0 radical (unpaired) electrons. The molecule has 0 aromatic carbocycles. The van der Waals surface area contributed by atoms with Gasteiger partial charge in [0, 0.05) is 10.9 Å². The molecule has 0 atom stereocenters. The SMILES string of the molecule is c1coc(CNc2nnc(Sc3ccc4nnc(-c5ccsc5)n4n3)s2)c1. The third-order valence-electron chi connectivity index (χ3n) is 3.61. The minimum absolute atomic E-state index is 0.571. The molecule has 0 fully saturated rings. The van der Waals surface area contributed by atoms with Gasteiger partial charge in [0.2, 0.25) is 5.13 Å². The van der Waals surface area contributed by atoms with Crippen LogP contribution in [0.5, 0.6) is 0 Å². The van der Waals surface area contributed by atoms with Crippen LogP contribution in [0.25, 0.3) is 17.0 Å². The van der Waals surface area contributed by atoms with Crippen molar-refractivity contribution in [3.63, 3.8) is 0 Å². The number of rotatable bonds is 6. The number of nitrogens with zero attached hydrogens (tertiary/aromatic N) is 6. The molecule has 5 rings (SSSR count). The molecular weight excluding hydrogens is 402 g/mol. The van der Waals surface area contributed by atoms with Crippen LogP contribution in [-0.4, -0.2) is 30.0 Å². The van der Waals surface area contributed by atoms with E-state index in [0.29, 0.717) is 12.2 Å². The Morgan fingerprint density at radius 2 is 2.11 bits per heavy atom. The zero-order valence-electron chi connectivity index (χ0n) is 13.6. The highest BCUT2D eigenvalue weighted by Crippen LogP contribution is 2.31. The standard InChI is InChI=1S/C16H11N7OS3/c1-2-11(24-6-1)8-17-15-20-21-16(27-15)26-13-4-3-12-18-19-14(23(12)22-13)10-5-7-25-9-10/h1-7,9H,8H2,(H,17,20). The molecule has 0 amide bonds. The van der Waals surface area contributed by atoms with Crippen molar-refractivity contribution in [1.82, 2.24) is 30.0 Å². The van der Waals surface area contributed by atoms with Crippen molar-refractivity contribution in [2.75, 3.05) is 5.32 Å². The summed E-state index contributed by atoms with van der Waals surface area (Å²) in [5.74, 6) is 1.58. The molecule has 0 bridgehead atoms. The van der Waals surface area contributed by atoms with Crippen LogP contribution >= 0.6 is 34.4 Å². The van der Waals surface area contributed by atoms with Crippen LogP contribution < -0.4 is 5.32 Å². The summed E-state index contributed by atoms with van der Waals surface area (Å²) in [6.07, 6.45) is 1.65. The summed E-state index contributed by atoms with van der Waals surface area (Å²) in [6.45, 7) is 0.571. The van der Waals surface area contributed by atoms with E-state index < -0.39 is 0 Å². The van der Waals surface area contributed by atoms with Crippen LogP contribution in [0, 0.1) is 0 Å². The van der Waals surface area contributed by atoms with Gasteiger partial charge < -0.3 is 9.73 Å². The molecule has 5 aromatic rings. The molecular formula is C16H11N7OS3. The predicted octanol–water partition coefficient (Wildman–Crippen LogP) is 4.06. The average molecular weight is 414 g/mol. The largest absolute Gasteiger partial charge is 0.467 e. The van der Waals surface area contributed by atoms with Gasteiger partial charge in [-0.3, -0.25) is 0 Å². The number of thiophene rings is 1. The third-order valence-corrected chi connectivity index (χ3v) is 6.15. The van der Waals surface area contributed by atoms with E-state index in [9.17, 15) is 0 Å². The summed E-state index contributed by atoms with van der Waals surface area (Å²) >= 11 is 4.54. The summed E-state index contributed by atoms with van der Waals surface area (Å²) in [6, 6.07) is 9.58. The Bertz CT molecular complexity index is 1160. The van der Waals surface area contributed by atoms with Gasteiger partial charge >= 0.3 is 0 Å². The van der Waals surface area contributed by atoms with Crippen LogP contribution in [0.1, 0.15) is 5.76 Å². The number of fused-ring (bicyclic) bond motifs is 1. The summed E-state index contributed by atoms with van der Waals surface area (Å²) in [5.41, 5.74) is 1.71. The smallest absolute Gasteiger partial charge is 0.206 e. The first-order valence-corrected chi connectivity index (χ1v) is 10.5. The fourth-order valence-corrected chi connectivity index (χ4v) is 4.67. The molecule has 0 aliphatic rings. The quantitative estimate of drug-likeness (QED) is 0.445. The topological polar surface area (TPSA) is 94.0 Å². The van der Waals surface area contributed by atoms with E-state index in [-0.39, 0.29) is 0 Å². The maximum absolute atomic E-state index is 5.30. The fraction of sp³-hybridized carbons (Fsp3) is 0.0625. The Kier molecular flexibility index (Phi) is 4.32. The number of nitrogens with one attached hydrogen (secondary N) is 1. The summed E-state index contributed by atoms with van der Waals surface area (Å²) < 4.78 is 7.85. The van der Waals surface area contributed by atoms with Crippen LogP contribution in [0.4, 0.5) is 5.13 Å². The summed E-state index contributed by atoms with van der Waals surface area (Å²) in [4.78, 5) is 0. The van der Waals surface area contributed by atoms with E-state index in [4.69, 9.17) is 4.42 Å². The second-order valence-corrected chi connectivity index (χ2v) is 8.41. The number of anilines is 1. The molecule has 0 aliphatic heterocycles. The Morgan fingerprint density at radius 1 is 1.11 bits per heavy atom. The molecule has 5 aromatic heterocycles. The molecule has 0 saturated heterocycles. The molecule has 0 aliphatic carbocycles. The predicted molar refractivity (Wildman–Crippen MR) is 104 cm³/mol. The van der Waals surface area contributed by atoms with Crippen molar-refractivity contribution < 1.29 is 4.42 Å². The van der Waals surface area contributed by atoms with Crippen molar-refractivity contribution in [3.8, 4) is 11.4 Å². The van der Waals surface area contributed by atoms with Gasteiger partial charge in [-0.15, -0.1) is 20.4 Å². The van der Waals surface area contributed by atoms with Gasteiger partial charge in [0.15, 0.2) is 15.8 Å². The second-order valence-electron chi connectivity index (χ2n) is 5.39. The van der Waals surface area contributed by atoms with E-state index in [1.165, 1.54) is 23.1 Å². The lowest BCUT2D eigenvalue weighted by Crippen LogP contribution is -1.96. The summed E-state index contributed by atoms with van der Waals surface area (Å²) in [7, 11) is 0. The molecule has 11 heteroatoms. The van der Waals surface area contributed by atoms with E-state index in [1.807, 2.05) is 41.1 Å². The lowest BCUT2D eigenvalue weighted by molar-refractivity contribution is 0.518. The van der Waals surface area contributed by atoms with Gasteiger partial charge in [-0.25, -0.2) is 0 Å². The number of furan rings is 1. The first-order chi connectivity index (χ1) is 13.3. The van der Waals surface area contributed by atoms with Crippen LogP contribution in [0.2, 0.25) is 0 Å². The Balaban J connectivity index is 1.35. The maximum Gasteiger partial charge on any atom is 0.206 e. The molecule has 0 spiro atoms. The Morgan fingerprint density at radius 3 is 2.96 bits per heavy atom. The molecule has 5 heterocycles. The highest BCUT2D eigenvalue weighted by molar-refractivity contribution is 8.01. The van der Waals surface area contributed by atoms with Crippen molar-refractivity contribution in [1.29, 1.82) is 0 Å². The highest BCUT2D eigenvalue weighted by Gasteiger charge is 2.12. The van der Waals surface area contributed by atoms with Gasteiger partial charge in [0.1, 0.15) is 10.8 Å². The number of hydrogen-bond donors (Lipinski definition) is 1. The normalized spacial score (nSPS) is 11.3. The summed E-state index contributed by atoms with van der Waals surface area (Å²) in [5, 5.41) is 30.2. The maximum atomic E-state index is 5.30. The minimum Gasteiger partial charge on any atom is -0.467 e. The van der Waals surface area contributed by atoms with Gasteiger partial charge in [-0.1, -0.05) is 11.3 Å². The van der Waals surface area contributed by atoms with E-state index in [1.54, 1.807) is 22.1 Å². The van der Waals surface area contributed by atoms with Gasteiger partial charge in [0.05, 0.1) is 12.8 Å². The monoisotopic (exact) mass is 413 g/mol. The molecule has 0 saturated carbocycles. The fourth-order valence-electron chi connectivity index (χ4n) is 2.39. The first-order valence-electron chi connectivity index (χ1n) is 7.88. The Labute approximate surface area is 165 Å². The van der Waals surface area contributed by atoms with Gasteiger partial charge in [-0.05, 0) is 47.5 Å². The van der Waals surface area contributed by atoms with E-state index in [2.05, 4.69) is 30.8 Å². The molecule has 8 nitrogen and oxygen atoms in total. The Hall–Kier alpha value is -2.76. The van der Waals surface area contributed by atoms with Crippen LogP contribution in [-0.2, 0) is 6.54 Å². The van der Waals surface area contributed by atoms with Crippen LogP contribution in [0.3, 0.4) is 0 Å². The highest BCUT2D eigenvalue weighted by atomic mass is 32.2. The lowest BCUT2D eigenvalue weighted by Gasteiger charge is -2.00. The first kappa shape index (κ1) is 16.4.